The number of thiocarbonyl (C=S) groups is 1. The van der Waals surface area contributed by atoms with Crippen molar-refractivity contribution in [2.75, 3.05) is 6.61 Å². The standard InChI is InChI=1S/C19H25NO2S/c1-2-22-17(21)12-19(10-15-8-9-16(15)11-19)18(23)20-13-14-6-4-3-5-7-14/h3-7,15-16H,2,8-13H2,1H3,(H,20,23)/t15-,16+,19?. The van der Waals surface area contributed by atoms with Gasteiger partial charge in [0.25, 0.3) is 0 Å². The average molecular weight is 331 g/mol. The third kappa shape index (κ3) is 3.57. The summed E-state index contributed by atoms with van der Waals surface area (Å²) in [7, 11) is 0. The van der Waals surface area contributed by atoms with Crippen LogP contribution in [0.1, 0.15) is 44.6 Å². The molecule has 0 amide bonds. The van der Waals surface area contributed by atoms with Gasteiger partial charge in [-0.05, 0) is 50.0 Å². The Bertz CT molecular complexity index is 560. The van der Waals surface area contributed by atoms with Gasteiger partial charge in [0.15, 0.2) is 0 Å². The first-order valence-corrected chi connectivity index (χ1v) is 9.01. The van der Waals surface area contributed by atoms with Crippen molar-refractivity contribution < 1.29 is 9.53 Å². The monoisotopic (exact) mass is 331 g/mol. The quantitative estimate of drug-likeness (QED) is 0.634. The fourth-order valence-electron chi connectivity index (χ4n) is 4.13. The van der Waals surface area contributed by atoms with E-state index in [1.807, 2.05) is 25.1 Å². The molecule has 3 nitrogen and oxygen atoms in total. The van der Waals surface area contributed by atoms with Gasteiger partial charge >= 0.3 is 5.97 Å². The van der Waals surface area contributed by atoms with Crippen LogP contribution in [0.15, 0.2) is 30.3 Å². The summed E-state index contributed by atoms with van der Waals surface area (Å²) in [6, 6.07) is 10.3. The van der Waals surface area contributed by atoms with E-state index in [2.05, 4.69) is 17.4 Å². The largest absolute Gasteiger partial charge is 0.466 e. The molecule has 2 fully saturated rings. The lowest BCUT2D eigenvalue weighted by Gasteiger charge is -2.30. The normalized spacial score (nSPS) is 28.6. The Morgan fingerprint density at radius 1 is 1.26 bits per heavy atom. The Balaban J connectivity index is 1.67. The molecule has 1 unspecified atom stereocenters. The first-order chi connectivity index (χ1) is 11.1. The van der Waals surface area contributed by atoms with Crippen LogP contribution in [0.2, 0.25) is 0 Å². The van der Waals surface area contributed by atoms with E-state index in [0.29, 0.717) is 13.0 Å². The molecule has 0 bridgehead atoms. The van der Waals surface area contributed by atoms with Gasteiger partial charge in [-0.2, -0.15) is 0 Å². The van der Waals surface area contributed by atoms with Gasteiger partial charge in [-0.3, -0.25) is 4.79 Å². The molecule has 1 N–H and O–H groups in total. The molecule has 0 spiro atoms. The third-order valence-electron chi connectivity index (χ3n) is 5.45. The topological polar surface area (TPSA) is 38.3 Å². The van der Waals surface area contributed by atoms with Crippen molar-refractivity contribution in [2.24, 2.45) is 17.3 Å². The lowest BCUT2D eigenvalue weighted by Crippen LogP contribution is -2.39. The SMILES string of the molecule is CCOC(=O)CC1(C(=S)NCc2ccccc2)C[C@H]2CC[C@H]2C1. The van der Waals surface area contributed by atoms with Crippen molar-refractivity contribution in [1.29, 1.82) is 0 Å². The van der Waals surface area contributed by atoms with Crippen LogP contribution >= 0.6 is 12.2 Å². The van der Waals surface area contributed by atoms with Crippen molar-refractivity contribution in [3.05, 3.63) is 35.9 Å². The number of fused-ring (bicyclic) bond motifs is 1. The minimum absolute atomic E-state index is 0.113. The molecule has 1 aromatic carbocycles. The minimum atomic E-state index is -0.192. The second-order valence-electron chi connectivity index (χ2n) is 6.94. The number of hydrogen-bond acceptors (Lipinski definition) is 3. The van der Waals surface area contributed by atoms with Crippen LogP contribution < -0.4 is 5.32 Å². The first kappa shape index (κ1) is 16.4. The van der Waals surface area contributed by atoms with E-state index in [0.717, 1.165) is 36.2 Å². The van der Waals surface area contributed by atoms with Crippen LogP contribution in [-0.2, 0) is 16.1 Å². The molecule has 2 saturated carbocycles. The van der Waals surface area contributed by atoms with E-state index in [1.165, 1.54) is 18.4 Å². The van der Waals surface area contributed by atoms with Crippen molar-refractivity contribution >= 4 is 23.2 Å². The minimum Gasteiger partial charge on any atom is -0.466 e. The molecule has 2 aliphatic carbocycles. The molecule has 124 valence electrons. The number of ether oxygens (including phenoxy) is 1. The predicted octanol–water partition coefficient (Wildman–Crippen LogP) is 3.86. The molecule has 1 aromatic rings. The molecule has 0 aliphatic heterocycles. The number of benzene rings is 1. The van der Waals surface area contributed by atoms with E-state index in [9.17, 15) is 4.79 Å². The predicted molar refractivity (Wildman–Crippen MR) is 95.0 cm³/mol. The van der Waals surface area contributed by atoms with E-state index >= 15 is 0 Å². The summed E-state index contributed by atoms with van der Waals surface area (Å²) in [5, 5.41) is 3.42. The van der Waals surface area contributed by atoms with Crippen LogP contribution in [0, 0.1) is 17.3 Å². The Hall–Kier alpha value is -1.42. The number of nitrogens with one attached hydrogen (secondary N) is 1. The first-order valence-electron chi connectivity index (χ1n) is 8.61. The summed E-state index contributed by atoms with van der Waals surface area (Å²) in [4.78, 5) is 13.0. The van der Waals surface area contributed by atoms with Gasteiger partial charge in [-0.25, -0.2) is 0 Å². The Morgan fingerprint density at radius 3 is 2.48 bits per heavy atom. The molecule has 23 heavy (non-hydrogen) atoms. The maximum Gasteiger partial charge on any atom is 0.306 e. The van der Waals surface area contributed by atoms with Crippen LogP contribution in [0.4, 0.5) is 0 Å². The molecule has 0 saturated heterocycles. The van der Waals surface area contributed by atoms with Crippen molar-refractivity contribution in [1.82, 2.24) is 5.32 Å². The van der Waals surface area contributed by atoms with Gasteiger partial charge in [0.2, 0.25) is 0 Å². The summed E-state index contributed by atoms with van der Waals surface area (Å²) in [6.45, 7) is 3.01. The van der Waals surface area contributed by atoms with Gasteiger partial charge in [-0.1, -0.05) is 42.5 Å². The zero-order valence-corrected chi connectivity index (χ0v) is 14.5. The number of esters is 1. The van der Waals surface area contributed by atoms with Crippen molar-refractivity contribution in [3.8, 4) is 0 Å². The molecule has 0 radical (unpaired) electrons. The number of hydrogen-bond donors (Lipinski definition) is 1. The number of carbonyl (C=O) groups excluding carboxylic acids is 1. The summed E-state index contributed by atoms with van der Waals surface area (Å²) >= 11 is 5.74. The summed E-state index contributed by atoms with van der Waals surface area (Å²) in [5.74, 6) is 1.39. The highest BCUT2D eigenvalue weighted by Gasteiger charge is 2.52. The molecule has 0 heterocycles. The zero-order valence-electron chi connectivity index (χ0n) is 13.7. The molecule has 2 aliphatic rings. The molecule has 4 heteroatoms. The second kappa shape index (κ2) is 7.00. The average Bonchev–Trinajstić information content (AvgIpc) is 2.79. The molecule has 3 rings (SSSR count). The van der Waals surface area contributed by atoms with Crippen LogP contribution in [0.5, 0.6) is 0 Å². The van der Waals surface area contributed by atoms with Crippen LogP contribution in [0.25, 0.3) is 0 Å². The number of rotatable bonds is 6. The smallest absolute Gasteiger partial charge is 0.306 e. The highest BCUT2D eigenvalue weighted by atomic mass is 32.1. The van der Waals surface area contributed by atoms with Gasteiger partial charge < -0.3 is 10.1 Å². The Labute approximate surface area is 143 Å². The van der Waals surface area contributed by atoms with E-state index in [4.69, 9.17) is 17.0 Å². The van der Waals surface area contributed by atoms with Crippen molar-refractivity contribution in [3.63, 3.8) is 0 Å². The maximum absolute atomic E-state index is 12.1. The molecule has 3 atom stereocenters. The fourth-order valence-corrected chi connectivity index (χ4v) is 4.44. The van der Waals surface area contributed by atoms with Gasteiger partial charge in [-0.15, -0.1) is 0 Å². The maximum atomic E-state index is 12.1. The lowest BCUT2D eigenvalue weighted by molar-refractivity contribution is -0.144. The van der Waals surface area contributed by atoms with Gasteiger partial charge in [0.05, 0.1) is 18.0 Å². The fraction of sp³-hybridized carbons (Fsp3) is 0.579. The summed E-state index contributed by atoms with van der Waals surface area (Å²) in [6.07, 6.45) is 5.08. The summed E-state index contributed by atoms with van der Waals surface area (Å²) in [5.41, 5.74) is 1.02. The third-order valence-corrected chi connectivity index (χ3v) is 6.02. The van der Waals surface area contributed by atoms with Crippen LogP contribution in [-0.4, -0.2) is 17.6 Å². The second-order valence-corrected chi connectivity index (χ2v) is 7.34. The van der Waals surface area contributed by atoms with E-state index in [-0.39, 0.29) is 11.4 Å². The number of carbonyl (C=O) groups is 1. The molecule has 0 aromatic heterocycles. The van der Waals surface area contributed by atoms with E-state index in [1.54, 1.807) is 0 Å². The van der Waals surface area contributed by atoms with Crippen molar-refractivity contribution in [2.45, 2.75) is 45.6 Å². The Kier molecular flexibility index (Phi) is 5.00. The van der Waals surface area contributed by atoms with E-state index < -0.39 is 0 Å². The molecular weight excluding hydrogens is 306 g/mol. The molecular formula is C19H25NO2S. The van der Waals surface area contributed by atoms with Gasteiger partial charge in [0, 0.05) is 12.0 Å². The zero-order chi connectivity index (χ0) is 16.3. The summed E-state index contributed by atoms with van der Waals surface area (Å²) < 4.78 is 5.21. The lowest BCUT2D eigenvalue weighted by atomic mass is 9.77. The highest BCUT2D eigenvalue weighted by molar-refractivity contribution is 7.80. The van der Waals surface area contributed by atoms with Crippen LogP contribution in [0.3, 0.4) is 0 Å². The highest BCUT2D eigenvalue weighted by Crippen LogP contribution is 2.57. The Morgan fingerprint density at radius 2 is 1.91 bits per heavy atom. The van der Waals surface area contributed by atoms with Gasteiger partial charge in [0.1, 0.15) is 0 Å².